The summed E-state index contributed by atoms with van der Waals surface area (Å²) in [6.45, 7) is 6.91. The number of primary amides is 1. The monoisotopic (exact) mass is 337 g/mol. The minimum atomic E-state index is -0.157. The number of hydrogen-bond donors (Lipinski definition) is 1. The van der Waals surface area contributed by atoms with Gasteiger partial charge in [0.15, 0.2) is 0 Å². The van der Waals surface area contributed by atoms with Gasteiger partial charge in [-0.2, -0.15) is 0 Å². The van der Waals surface area contributed by atoms with Crippen molar-refractivity contribution in [2.75, 3.05) is 0 Å². The standard InChI is InChI=1S/C22H43NO/c1-4-7-8-12-17-20(15-5-2)21(16-6-3)18-13-10-9-11-14-19-22(23)24/h4-19H2,1-3H3,(H2,23,24)/b21-20-. The fourth-order valence-electron chi connectivity index (χ4n) is 3.49. The second-order valence-corrected chi connectivity index (χ2v) is 7.25. The Balaban J connectivity index is 4.23. The van der Waals surface area contributed by atoms with E-state index in [-0.39, 0.29) is 5.91 Å². The molecule has 0 aromatic rings. The zero-order chi connectivity index (χ0) is 18.0. The van der Waals surface area contributed by atoms with Crippen LogP contribution in [0.15, 0.2) is 11.1 Å². The second-order valence-electron chi connectivity index (χ2n) is 7.25. The summed E-state index contributed by atoms with van der Waals surface area (Å²) in [6.07, 6.45) is 19.8. The molecule has 0 aliphatic rings. The SMILES string of the molecule is CCCCCC/C(CCC)=C(/CCC)CCCCCCCC(N)=O. The van der Waals surface area contributed by atoms with Gasteiger partial charge in [0.2, 0.25) is 5.91 Å². The Morgan fingerprint density at radius 3 is 1.38 bits per heavy atom. The minimum absolute atomic E-state index is 0.157. The number of nitrogens with two attached hydrogens (primary N) is 1. The molecule has 0 saturated heterocycles. The maximum Gasteiger partial charge on any atom is 0.217 e. The molecule has 24 heavy (non-hydrogen) atoms. The molecule has 0 rings (SSSR count). The minimum Gasteiger partial charge on any atom is -0.370 e. The summed E-state index contributed by atoms with van der Waals surface area (Å²) >= 11 is 0. The lowest BCUT2D eigenvalue weighted by Crippen LogP contribution is -2.09. The zero-order valence-corrected chi connectivity index (χ0v) is 16.8. The number of unbranched alkanes of at least 4 members (excludes halogenated alkanes) is 7. The van der Waals surface area contributed by atoms with Crippen LogP contribution in [0.5, 0.6) is 0 Å². The first-order chi connectivity index (χ1) is 11.7. The highest BCUT2D eigenvalue weighted by Crippen LogP contribution is 2.26. The van der Waals surface area contributed by atoms with Crippen molar-refractivity contribution < 1.29 is 4.79 Å². The van der Waals surface area contributed by atoms with Crippen LogP contribution in [-0.4, -0.2) is 5.91 Å². The van der Waals surface area contributed by atoms with E-state index in [0.29, 0.717) is 6.42 Å². The van der Waals surface area contributed by atoms with Crippen LogP contribution in [0, 0.1) is 0 Å². The van der Waals surface area contributed by atoms with E-state index in [2.05, 4.69) is 20.8 Å². The third kappa shape index (κ3) is 13.6. The third-order valence-corrected chi connectivity index (χ3v) is 4.84. The van der Waals surface area contributed by atoms with Gasteiger partial charge in [-0.1, -0.05) is 83.3 Å². The Hall–Kier alpha value is -0.790. The van der Waals surface area contributed by atoms with Crippen molar-refractivity contribution in [3.05, 3.63) is 11.1 Å². The van der Waals surface area contributed by atoms with Gasteiger partial charge in [0.05, 0.1) is 0 Å². The normalized spacial score (nSPS) is 12.3. The Labute approximate surface area is 151 Å². The lowest BCUT2D eigenvalue weighted by Gasteiger charge is -2.15. The Morgan fingerprint density at radius 2 is 0.958 bits per heavy atom. The van der Waals surface area contributed by atoms with Crippen molar-refractivity contribution in [2.24, 2.45) is 5.73 Å². The number of carbonyl (C=O) groups excluding carboxylic acids is 1. The van der Waals surface area contributed by atoms with Crippen LogP contribution in [-0.2, 0) is 4.79 Å². The predicted octanol–water partition coefficient (Wildman–Crippen LogP) is 7.07. The topological polar surface area (TPSA) is 43.1 Å². The van der Waals surface area contributed by atoms with E-state index in [9.17, 15) is 4.79 Å². The van der Waals surface area contributed by atoms with Crippen molar-refractivity contribution in [1.29, 1.82) is 0 Å². The number of allylic oxidation sites excluding steroid dienone is 2. The summed E-state index contributed by atoms with van der Waals surface area (Å²) in [5.74, 6) is -0.157. The van der Waals surface area contributed by atoms with Crippen LogP contribution in [0.25, 0.3) is 0 Å². The van der Waals surface area contributed by atoms with Crippen molar-refractivity contribution in [2.45, 2.75) is 124 Å². The molecule has 0 heterocycles. The quantitative estimate of drug-likeness (QED) is 0.224. The van der Waals surface area contributed by atoms with Crippen molar-refractivity contribution in [1.82, 2.24) is 0 Å². The van der Waals surface area contributed by atoms with Crippen molar-refractivity contribution in [3.8, 4) is 0 Å². The van der Waals surface area contributed by atoms with Crippen molar-refractivity contribution in [3.63, 3.8) is 0 Å². The summed E-state index contributed by atoms with van der Waals surface area (Å²) in [5.41, 5.74) is 8.73. The van der Waals surface area contributed by atoms with E-state index in [1.807, 2.05) is 0 Å². The smallest absolute Gasteiger partial charge is 0.217 e. The fraction of sp³-hybridized carbons (Fsp3) is 0.864. The molecule has 0 atom stereocenters. The highest BCUT2D eigenvalue weighted by Gasteiger charge is 2.06. The number of rotatable bonds is 17. The number of carbonyl (C=O) groups is 1. The van der Waals surface area contributed by atoms with Gasteiger partial charge >= 0.3 is 0 Å². The molecule has 0 aromatic carbocycles. The Morgan fingerprint density at radius 1 is 0.542 bits per heavy atom. The van der Waals surface area contributed by atoms with Crippen LogP contribution < -0.4 is 5.73 Å². The largest absolute Gasteiger partial charge is 0.370 e. The number of amides is 1. The molecule has 0 saturated carbocycles. The van der Waals surface area contributed by atoms with Gasteiger partial charge in [-0.3, -0.25) is 4.79 Å². The maximum absolute atomic E-state index is 10.7. The maximum atomic E-state index is 10.7. The van der Waals surface area contributed by atoms with E-state index < -0.39 is 0 Å². The molecule has 0 spiro atoms. The summed E-state index contributed by atoms with van der Waals surface area (Å²) in [5, 5.41) is 0. The molecule has 0 aliphatic heterocycles. The summed E-state index contributed by atoms with van der Waals surface area (Å²) in [4.78, 5) is 10.7. The van der Waals surface area contributed by atoms with Gasteiger partial charge in [-0.05, 0) is 44.9 Å². The molecule has 2 nitrogen and oxygen atoms in total. The zero-order valence-electron chi connectivity index (χ0n) is 16.8. The van der Waals surface area contributed by atoms with E-state index in [4.69, 9.17) is 5.73 Å². The summed E-state index contributed by atoms with van der Waals surface area (Å²) in [6, 6.07) is 0. The molecule has 0 fully saturated rings. The molecular formula is C22H43NO. The molecule has 0 aliphatic carbocycles. The first-order valence-corrected chi connectivity index (χ1v) is 10.6. The average molecular weight is 338 g/mol. The molecule has 0 bridgehead atoms. The van der Waals surface area contributed by atoms with Crippen LogP contribution in [0.2, 0.25) is 0 Å². The summed E-state index contributed by atoms with van der Waals surface area (Å²) in [7, 11) is 0. The number of hydrogen-bond acceptors (Lipinski definition) is 1. The first-order valence-electron chi connectivity index (χ1n) is 10.6. The molecule has 142 valence electrons. The third-order valence-electron chi connectivity index (χ3n) is 4.84. The highest BCUT2D eigenvalue weighted by molar-refractivity contribution is 5.73. The molecule has 2 heteroatoms. The van der Waals surface area contributed by atoms with Crippen LogP contribution >= 0.6 is 0 Å². The van der Waals surface area contributed by atoms with Gasteiger partial charge in [0.25, 0.3) is 0 Å². The Bertz CT molecular complexity index is 333. The van der Waals surface area contributed by atoms with Gasteiger partial charge in [0, 0.05) is 6.42 Å². The molecule has 2 N–H and O–H groups in total. The summed E-state index contributed by atoms with van der Waals surface area (Å²) < 4.78 is 0. The van der Waals surface area contributed by atoms with E-state index in [1.54, 1.807) is 11.1 Å². The molecule has 0 unspecified atom stereocenters. The lowest BCUT2D eigenvalue weighted by molar-refractivity contribution is -0.118. The van der Waals surface area contributed by atoms with Crippen LogP contribution in [0.4, 0.5) is 0 Å². The fourth-order valence-corrected chi connectivity index (χ4v) is 3.49. The van der Waals surface area contributed by atoms with Crippen LogP contribution in [0.1, 0.15) is 124 Å². The average Bonchev–Trinajstić information content (AvgIpc) is 2.55. The van der Waals surface area contributed by atoms with Gasteiger partial charge < -0.3 is 5.73 Å². The van der Waals surface area contributed by atoms with Crippen LogP contribution in [0.3, 0.4) is 0 Å². The lowest BCUT2D eigenvalue weighted by atomic mass is 9.91. The predicted molar refractivity (Wildman–Crippen MR) is 107 cm³/mol. The van der Waals surface area contributed by atoms with E-state index in [1.165, 1.54) is 83.5 Å². The molecule has 0 aromatic heterocycles. The molecule has 0 radical (unpaired) electrons. The van der Waals surface area contributed by atoms with Gasteiger partial charge in [-0.15, -0.1) is 0 Å². The second kappa shape index (κ2) is 17.0. The van der Waals surface area contributed by atoms with Gasteiger partial charge in [-0.25, -0.2) is 0 Å². The van der Waals surface area contributed by atoms with E-state index in [0.717, 1.165) is 12.8 Å². The highest BCUT2D eigenvalue weighted by atomic mass is 16.1. The molecular weight excluding hydrogens is 294 g/mol. The first kappa shape index (κ1) is 23.2. The Kier molecular flexibility index (Phi) is 16.5. The van der Waals surface area contributed by atoms with E-state index >= 15 is 0 Å². The van der Waals surface area contributed by atoms with Gasteiger partial charge in [0.1, 0.15) is 0 Å². The molecule has 1 amide bonds. The van der Waals surface area contributed by atoms with Crippen molar-refractivity contribution >= 4 is 5.91 Å².